The summed E-state index contributed by atoms with van der Waals surface area (Å²) in [7, 11) is 0. The minimum atomic E-state index is 0.285. The van der Waals surface area contributed by atoms with E-state index in [2.05, 4.69) is 181 Å². The third kappa shape index (κ3) is 4.38. The summed E-state index contributed by atoms with van der Waals surface area (Å²) in [5, 5.41) is 10.1. The molecular weight excluding hydrogens is 593 g/mol. The number of fused-ring (bicyclic) bond motifs is 7. The first kappa shape index (κ1) is 27.8. The Morgan fingerprint density at radius 1 is 0.490 bits per heavy atom. The number of hydrogen-bond donors (Lipinski definition) is 0. The van der Waals surface area contributed by atoms with E-state index in [0.29, 0.717) is 0 Å². The second-order valence-corrected chi connectivity index (χ2v) is 13.0. The van der Waals surface area contributed by atoms with Crippen molar-refractivity contribution in [1.82, 2.24) is 9.55 Å². The van der Waals surface area contributed by atoms with Crippen molar-refractivity contribution in [3.63, 3.8) is 0 Å². The summed E-state index contributed by atoms with van der Waals surface area (Å²) in [5.41, 5.74) is 9.49. The summed E-state index contributed by atoms with van der Waals surface area (Å²) in [4.78, 5) is 5.14. The Bertz CT molecular complexity index is 2730. The van der Waals surface area contributed by atoms with Crippen LogP contribution in [0.5, 0.6) is 0 Å². The molecule has 0 aliphatic heterocycles. The first-order chi connectivity index (χ1) is 24.3. The Balaban J connectivity index is 1.15. The van der Waals surface area contributed by atoms with E-state index >= 15 is 0 Å². The van der Waals surface area contributed by atoms with Gasteiger partial charge in [0.2, 0.25) is 0 Å². The highest BCUT2D eigenvalue weighted by Crippen LogP contribution is 2.44. The van der Waals surface area contributed by atoms with Gasteiger partial charge in [0, 0.05) is 33.6 Å². The lowest BCUT2D eigenvalue weighted by Crippen LogP contribution is -2.06. The van der Waals surface area contributed by atoms with Gasteiger partial charge in [-0.15, -0.1) is 0 Å². The molecule has 0 fully saturated rings. The Hall–Kier alpha value is -6.25. The van der Waals surface area contributed by atoms with E-state index < -0.39 is 0 Å². The molecule has 9 aromatic rings. The first-order valence-corrected chi connectivity index (χ1v) is 17.1. The second kappa shape index (κ2) is 11.2. The van der Waals surface area contributed by atoms with Crippen molar-refractivity contribution >= 4 is 54.1 Å². The van der Waals surface area contributed by atoms with Crippen molar-refractivity contribution in [2.24, 2.45) is 0 Å². The van der Waals surface area contributed by atoms with Gasteiger partial charge in [-0.1, -0.05) is 146 Å². The Labute approximate surface area is 284 Å². The van der Waals surface area contributed by atoms with Crippen LogP contribution in [0.1, 0.15) is 12.5 Å². The number of allylic oxidation sites excluding steroid dienone is 4. The van der Waals surface area contributed by atoms with Gasteiger partial charge in [0.05, 0.1) is 17.3 Å². The van der Waals surface area contributed by atoms with Gasteiger partial charge in [0.25, 0.3) is 0 Å². The van der Waals surface area contributed by atoms with Gasteiger partial charge in [-0.25, -0.2) is 0 Å². The molecule has 1 aliphatic carbocycles. The van der Waals surface area contributed by atoms with Gasteiger partial charge in [-0.2, -0.15) is 0 Å². The lowest BCUT2D eigenvalue weighted by molar-refractivity contribution is 0.648. The molecule has 2 heterocycles. The summed E-state index contributed by atoms with van der Waals surface area (Å²) < 4.78 is 2.52. The van der Waals surface area contributed by atoms with E-state index in [4.69, 9.17) is 4.98 Å². The van der Waals surface area contributed by atoms with Gasteiger partial charge in [0.15, 0.2) is 0 Å². The van der Waals surface area contributed by atoms with Gasteiger partial charge >= 0.3 is 0 Å². The maximum Gasteiger partial charge on any atom is 0.0702 e. The van der Waals surface area contributed by atoms with E-state index in [9.17, 15) is 0 Å². The summed E-state index contributed by atoms with van der Waals surface area (Å²) in [5.74, 6) is 0. The predicted molar refractivity (Wildman–Crippen MR) is 208 cm³/mol. The van der Waals surface area contributed by atoms with Gasteiger partial charge in [-0.05, 0) is 79.7 Å². The van der Waals surface area contributed by atoms with Crippen molar-refractivity contribution in [3.05, 3.63) is 176 Å². The van der Waals surface area contributed by atoms with Gasteiger partial charge in [-0.3, -0.25) is 4.98 Å². The van der Waals surface area contributed by atoms with Gasteiger partial charge in [0.1, 0.15) is 0 Å². The molecule has 0 saturated carbocycles. The molecule has 49 heavy (non-hydrogen) atoms. The molecule has 0 amide bonds. The molecule has 1 unspecified atom stereocenters. The van der Waals surface area contributed by atoms with Crippen LogP contribution < -0.4 is 0 Å². The van der Waals surface area contributed by atoms with E-state index in [0.717, 1.165) is 23.2 Å². The van der Waals surface area contributed by atoms with E-state index in [1.54, 1.807) is 0 Å². The largest absolute Gasteiger partial charge is 0.333 e. The number of hydrogen-bond acceptors (Lipinski definition) is 1. The quantitative estimate of drug-likeness (QED) is 0.178. The topological polar surface area (TPSA) is 17.8 Å². The van der Waals surface area contributed by atoms with Crippen LogP contribution in [0.3, 0.4) is 0 Å². The van der Waals surface area contributed by atoms with Crippen molar-refractivity contribution in [2.75, 3.05) is 0 Å². The van der Waals surface area contributed by atoms with Crippen molar-refractivity contribution in [1.29, 1.82) is 0 Å². The maximum absolute atomic E-state index is 5.14. The molecule has 2 aromatic heterocycles. The number of rotatable bonds is 4. The Morgan fingerprint density at radius 3 is 1.80 bits per heavy atom. The fourth-order valence-electron chi connectivity index (χ4n) is 8.16. The summed E-state index contributed by atoms with van der Waals surface area (Å²) in [6.07, 6.45) is 12.0. The number of benzene rings is 7. The molecular formula is C47H32N2. The molecule has 0 N–H and O–H groups in total. The summed E-state index contributed by atoms with van der Waals surface area (Å²) in [6.45, 7) is 0. The zero-order valence-electron chi connectivity index (χ0n) is 26.9. The molecule has 0 radical (unpaired) electrons. The first-order valence-electron chi connectivity index (χ1n) is 17.1. The zero-order chi connectivity index (χ0) is 32.3. The molecule has 0 saturated heterocycles. The molecule has 10 rings (SSSR count). The van der Waals surface area contributed by atoms with Crippen LogP contribution >= 0.6 is 0 Å². The fourth-order valence-corrected chi connectivity index (χ4v) is 8.16. The van der Waals surface area contributed by atoms with Crippen LogP contribution in [0.15, 0.2) is 176 Å². The minimum Gasteiger partial charge on any atom is -0.333 e. The predicted octanol–water partition coefficient (Wildman–Crippen LogP) is 12.7. The monoisotopic (exact) mass is 624 g/mol. The molecule has 1 atom stereocenters. The van der Waals surface area contributed by atoms with Crippen LogP contribution in [0.25, 0.3) is 87.6 Å². The highest BCUT2D eigenvalue weighted by Gasteiger charge is 2.20. The number of pyridine rings is 1. The molecule has 2 heteroatoms. The average Bonchev–Trinajstić information content (AvgIpc) is 3.52. The Morgan fingerprint density at radius 2 is 1.12 bits per heavy atom. The van der Waals surface area contributed by atoms with Crippen molar-refractivity contribution in [3.8, 4) is 33.5 Å². The smallest absolute Gasteiger partial charge is 0.0702 e. The lowest BCUT2D eigenvalue weighted by atomic mass is 9.86. The molecule has 0 spiro atoms. The number of aromatic nitrogens is 2. The molecule has 1 aliphatic rings. The lowest BCUT2D eigenvalue weighted by Gasteiger charge is -2.18. The highest BCUT2D eigenvalue weighted by molar-refractivity contribution is 6.22. The standard InChI is InChI=1S/C47H32N2/c1-3-14-32(15-4-1)45-37-19-9-11-21-39(37)46(40-22-12-10-20-38(40)45)34-23-26-42(48-30-34)33-25-27-43-41(29-33)47-36-18-8-7-13-31(36)24-28-44(47)49(43)35-16-5-2-6-17-35/h1-16,18-30,35H,17H2. The molecule has 0 bridgehead atoms. The van der Waals surface area contributed by atoms with Crippen molar-refractivity contribution < 1.29 is 0 Å². The summed E-state index contributed by atoms with van der Waals surface area (Å²) >= 11 is 0. The number of nitrogens with zero attached hydrogens (tertiary/aromatic N) is 2. The SMILES string of the molecule is C1=CCC(n2c3ccc(-c4ccc(-c5c6ccccc6c(-c6ccccc6)c6ccccc56)cn4)cc3c3c4ccccc4ccc32)C=C1. The van der Waals surface area contributed by atoms with Crippen molar-refractivity contribution in [2.45, 2.75) is 12.5 Å². The van der Waals surface area contributed by atoms with Gasteiger partial charge < -0.3 is 4.57 Å². The highest BCUT2D eigenvalue weighted by atomic mass is 15.0. The minimum absolute atomic E-state index is 0.285. The molecule has 7 aromatic carbocycles. The van der Waals surface area contributed by atoms with Crippen LogP contribution in [-0.2, 0) is 0 Å². The fraction of sp³-hybridized carbons (Fsp3) is 0.0426. The normalized spacial score (nSPS) is 14.5. The summed E-state index contributed by atoms with van der Waals surface area (Å²) in [6, 6.07) is 53.3. The van der Waals surface area contributed by atoms with Crippen LogP contribution in [-0.4, -0.2) is 9.55 Å². The second-order valence-electron chi connectivity index (χ2n) is 13.0. The van der Waals surface area contributed by atoms with Crippen LogP contribution in [0.4, 0.5) is 0 Å². The maximum atomic E-state index is 5.14. The van der Waals surface area contributed by atoms with E-state index in [1.807, 2.05) is 0 Å². The third-order valence-corrected chi connectivity index (χ3v) is 10.3. The average molecular weight is 625 g/mol. The van der Waals surface area contributed by atoms with E-state index in [-0.39, 0.29) is 6.04 Å². The molecule has 230 valence electrons. The van der Waals surface area contributed by atoms with Crippen LogP contribution in [0, 0.1) is 0 Å². The van der Waals surface area contributed by atoms with E-state index in [1.165, 1.54) is 70.8 Å². The molecule has 2 nitrogen and oxygen atoms in total. The zero-order valence-corrected chi connectivity index (χ0v) is 26.9. The van der Waals surface area contributed by atoms with Crippen LogP contribution in [0.2, 0.25) is 0 Å². The Kier molecular flexibility index (Phi) is 6.35. The third-order valence-electron chi connectivity index (χ3n) is 10.3.